The molecule has 0 aliphatic carbocycles. The van der Waals surface area contributed by atoms with Crippen molar-refractivity contribution >= 4 is 37.1 Å². The fourth-order valence-electron chi connectivity index (χ4n) is 2.11. The second-order valence-electron chi connectivity index (χ2n) is 5.35. The van der Waals surface area contributed by atoms with Gasteiger partial charge >= 0.3 is 0 Å². The highest BCUT2D eigenvalue weighted by molar-refractivity contribution is 9.10. The molecule has 0 radical (unpaired) electrons. The summed E-state index contributed by atoms with van der Waals surface area (Å²) >= 11 is 3.06. The third kappa shape index (κ3) is 5.56. The number of aryl methyl sites for hydroxylation is 1. The zero-order valence-electron chi connectivity index (χ0n) is 13.6. The van der Waals surface area contributed by atoms with Gasteiger partial charge in [-0.1, -0.05) is 14.8 Å². The first kappa shape index (κ1) is 20.4. The van der Waals surface area contributed by atoms with Crippen molar-refractivity contribution in [3.8, 4) is 0 Å². The molecule has 0 unspecified atom stereocenters. The van der Waals surface area contributed by atoms with E-state index in [-0.39, 0.29) is 28.4 Å². The van der Waals surface area contributed by atoms with Gasteiger partial charge in [0.05, 0.1) is 16.8 Å². The first-order valence-corrected chi connectivity index (χ1v) is 10.3. The third-order valence-corrected chi connectivity index (χ3v) is 5.85. The second kappa shape index (κ2) is 9.16. The molecule has 0 saturated carbocycles. The lowest BCUT2D eigenvalue weighted by atomic mass is 10.2. The predicted molar refractivity (Wildman–Crippen MR) is 97.5 cm³/mol. The molecule has 26 heavy (non-hydrogen) atoms. The van der Waals surface area contributed by atoms with Gasteiger partial charge in [-0.05, 0) is 52.1 Å². The highest BCUT2D eigenvalue weighted by Crippen LogP contribution is 2.23. The Kier molecular flexibility index (Phi) is 7.20. The molecule has 2 aromatic rings. The summed E-state index contributed by atoms with van der Waals surface area (Å²) in [6, 6.07) is 4.09. The molecular weight excluding hydrogens is 431 g/mol. The van der Waals surface area contributed by atoms with Gasteiger partial charge in [-0.25, -0.2) is 14.0 Å². The lowest BCUT2D eigenvalue weighted by molar-refractivity contribution is 0.234. The Labute approximate surface area is 157 Å². The second-order valence-corrected chi connectivity index (χ2v) is 8.79. The van der Waals surface area contributed by atoms with Gasteiger partial charge in [-0.15, -0.1) is 0 Å². The van der Waals surface area contributed by atoms with Crippen molar-refractivity contribution in [2.45, 2.75) is 12.8 Å². The molecule has 0 bridgehead atoms. The van der Waals surface area contributed by atoms with E-state index in [1.165, 1.54) is 18.2 Å². The van der Waals surface area contributed by atoms with E-state index >= 15 is 0 Å². The van der Waals surface area contributed by atoms with E-state index in [2.05, 4.69) is 31.2 Å². The van der Waals surface area contributed by atoms with Crippen molar-refractivity contribution in [2.24, 2.45) is 4.99 Å². The molecule has 9 nitrogen and oxygen atoms in total. The number of aromatic nitrogens is 2. The van der Waals surface area contributed by atoms with Crippen LogP contribution >= 0.6 is 15.9 Å². The van der Waals surface area contributed by atoms with E-state index in [0.29, 0.717) is 30.0 Å². The molecule has 142 valence electrons. The highest BCUT2D eigenvalue weighted by Gasteiger charge is 2.17. The summed E-state index contributed by atoms with van der Waals surface area (Å²) in [5.74, 6) is -0.0122. The first-order valence-electron chi connectivity index (χ1n) is 7.50. The molecule has 5 N–H and O–H groups in total. The number of halogens is 2. The van der Waals surface area contributed by atoms with Gasteiger partial charge < -0.3 is 5.11 Å². The van der Waals surface area contributed by atoms with Crippen molar-refractivity contribution in [2.75, 3.05) is 18.1 Å². The van der Waals surface area contributed by atoms with E-state index in [1.54, 1.807) is 0 Å². The number of nitrogens with zero attached hydrogens (tertiary/aromatic N) is 3. The SMILES string of the molecule is N=S(=N)(CCO)CCCc1nonc1C(=Nc1ccc(F)c(Br)c1)NO. The maximum Gasteiger partial charge on any atom is 0.181 e. The lowest BCUT2D eigenvalue weighted by Gasteiger charge is -2.08. The number of aliphatic hydroxyl groups is 1. The van der Waals surface area contributed by atoms with Crippen molar-refractivity contribution in [3.05, 3.63) is 39.9 Å². The highest BCUT2D eigenvalue weighted by atomic mass is 79.9. The van der Waals surface area contributed by atoms with Crippen LogP contribution in [0.2, 0.25) is 0 Å². The lowest BCUT2D eigenvalue weighted by Crippen LogP contribution is -2.22. The van der Waals surface area contributed by atoms with Gasteiger partial charge in [0.25, 0.3) is 0 Å². The van der Waals surface area contributed by atoms with Crippen molar-refractivity contribution < 1.29 is 19.3 Å². The van der Waals surface area contributed by atoms with Crippen LogP contribution in [0.5, 0.6) is 0 Å². The monoisotopic (exact) mass is 448 g/mol. The molecule has 2 rings (SSSR count). The summed E-state index contributed by atoms with van der Waals surface area (Å²) in [5, 5.41) is 25.7. The Bertz CT molecular complexity index is 887. The molecule has 0 amide bonds. The number of rotatable bonds is 8. The number of benzene rings is 1. The smallest absolute Gasteiger partial charge is 0.181 e. The summed E-state index contributed by atoms with van der Waals surface area (Å²) < 4.78 is 33.9. The van der Waals surface area contributed by atoms with Crippen LogP contribution in [0.1, 0.15) is 17.8 Å². The van der Waals surface area contributed by atoms with E-state index < -0.39 is 15.4 Å². The van der Waals surface area contributed by atoms with Gasteiger partial charge in [0, 0.05) is 11.5 Å². The number of hydrogen-bond donors (Lipinski definition) is 5. The van der Waals surface area contributed by atoms with Gasteiger partial charge in [0.1, 0.15) is 11.5 Å². The zero-order valence-corrected chi connectivity index (χ0v) is 16.0. The summed E-state index contributed by atoms with van der Waals surface area (Å²) in [4.78, 5) is 4.16. The molecule has 1 heterocycles. The normalized spacial score (nSPS) is 12.4. The van der Waals surface area contributed by atoms with E-state index in [0.717, 1.165) is 0 Å². The minimum Gasteiger partial charge on any atom is -0.395 e. The zero-order chi connectivity index (χ0) is 19.2. The molecule has 0 fully saturated rings. The molecule has 0 aliphatic heterocycles. The van der Waals surface area contributed by atoms with Crippen LogP contribution in [0.25, 0.3) is 0 Å². The third-order valence-electron chi connectivity index (χ3n) is 3.38. The minimum absolute atomic E-state index is 0.0227. The quantitative estimate of drug-likeness (QED) is 0.237. The van der Waals surface area contributed by atoms with Crippen LogP contribution in [-0.2, 0) is 16.0 Å². The van der Waals surface area contributed by atoms with Crippen LogP contribution in [0.15, 0.2) is 32.3 Å². The number of aliphatic imine (C=N–C) groups is 1. The number of amidine groups is 1. The van der Waals surface area contributed by atoms with Crippen molar-refractivity contribution in [1.29, 1.82) is 9.56 Å². The molecule has 0 saturated heterocycles. The van der Waals surface area contributed by atoms with E-state index in [4.69, 9.17) is 19.3 Å². The number of aliphatic hydroxyl groups excluding tert-OH is 1. The Hall–Kier alpha value is -1.89. The minimum atomic E-state index is -2.35. The molecule has 0 aliphatic rings. The van der Waals surface area contributed by atoms with Gasteiger partial charge in [-0.3, -0.25) is 20.2 Å². The average Bonchev–Trinajstić information content (AvgIpc) is 3.04. The van der Waals surface area contributed by atoms with Gasteiger partial charge in [-0.2, -0.15) is 0 Å². The maximum atomic E-state index is 13.3. The Balaban J connectivity index is 2.16. The predicted octanol–water partition coefficient (Wildman–Crippen LogP) is 2.63. The fraction of sp³-hybridized carbons (Fsp3) is 0.357. The molecule has 0 spiro atoms. The first-order chi connectivity index (χ1) is 12.4. The Morgan fingerprint density at radius 3 is 2.77 bits per heavy atom. The maximum absolute atomic E-state index is 13.3. The molecule has 1 aromatic carbocycles. The van der Waals surface area contributed by atoms with Crippen LogP contribution in [0.3, 0.4) is 0 Å². The molecule has 1 aromatic heterocycles. The Morgan fingerprint density at radius 2 is 2.12 bits per heavy atom. The van der Waals surface area contributed by atoms with Gasteiger partial charge in [0.15, 0.2) is 11.5 Å². The molecule has 12 heteroatoms. The van der Waals surface area contributed by atoms with Gasteiger partial charge in [0.2, 0.25) is 0 Å². The summed E-state index contributed by atoms with van der Waals surface area (Å²) in [6.45, 7) is -0.183. The van der Waals surface area contributed by atoms with Crippen LogP contribution in [0.4, 0.5) is 10.1 Å². The molecular formula is C14H18BrFN6O3S. The van der Waals surface area contributed by atoms with Crippen LogP contribution in [-0.4, -0.2) is 44.6 Å². The van der Waals surface area contributed by atoms with Crippen molar-refractivity contribution in [3.63, 3.8) is 0 Å². The fourth-order valence-corrected chi connectivity index (χ4v) is 3.63. The largest absolute Gasteiger partial charge is 0.395 e. The van der Waals surface area contributed by atoms with E-state index in [1.807, 2.05) is 5.48 Å². The van der Waals surface area contributed by atoms with Crippen LogP contribution < -0.4 is 5.48 Å². The van der Waals surface area contributed by atoms with E-state index in [9.17, 15) is 9.60 Å². The number of nitrogens with one attached hydrogen (secondary N) is 3. The number of hydrogen-bond acceptors (Lipinski definition) is 8. The summed E-state index contributed by atoms with van der Waals surface area (Å²) in [6.07, 6.45) is 0.842. The van der Waals surface area contributed by atoms with Crippen LogP contribution in [0, 0.1) is 15.4 Å². The summed E-state index contributed by atoms with van der Waals surface area (Å²) in [7, 11) is -2.35. The standard InChI is InChI=1S/C14H18BrFN6O3S/c15-10-8-9(3-4-11(10)16)19-14(20-24)13-12(21-25-22-13)2-1-6-26(17,18)7-5-23/h3-4,8,17-18,23-24H,1-2,5-7H2,(H,19,20). The Morgan fingerprint density at radius 1 is 1.35 bits per heavy atom. The number of hydroxylamine groups is 1. The average molecular weight is 449 g/mol. The topological polar surface area (TPSA) is 151 Å². The summed E-state index contributed by atoms with van der Waals surface area (Å²) in [5.41, 5.74) is 2.89. The van der Waals surface area contributed by atoms with Crippen molar-refractivity contribution in [1.82, 2.24) is 15.8 Å². The molecule has 0 atom stereocenters.